The summed E-state index contributed by atoms with van der Waals surface area (Å²) >= 11 is 0. The predicted molar refractivity (Wildman–Crippen MR) is 49.0 cm³/mol. The van der Waals surface area contributed by atoms with E-state index in [9.17, 15) is 0 Å². The maximum Gasteiger partial charge on any atom is 0.157 e. The van der Waals surface area contributed by atoms with E-state index in [1.54, 1.807) is 0 Å². The fraction of sp³-hybridized carbons (Fsp3) is 0.800. The quantitative estimate of drug-likeness (QED) is 0.466. The van der Waals surface area contributed by atoms with Crippen LogP contribution in [0.5, 0.6) is 0 Å². The highest BCUT2D eigenvalue weighted by Gasteiger charge is 2.14. The number of allylic oxidation sites excluding steroid dienone is 2. The third-order valence-corrected chi connectivity index (χ3v) is 1.99. The predicted octanol–water partition coefficient (Wildman–Crippen LogP) is 2.50. The molecule has 2 heteroatoms. The molecule has 0 saturated carbocycles. The molecule has 1 aliphatic heterocycles. The van der Waals surface area contributed by atoms with Crippen molar-refractivity contribution in [3.63, 3.8) is 0 Å². The molecule has 2 nitrogen and oxygen atoms in total. The Morgan fingerprint density at radius 2 is 2.00 bits per heavy atom. The molecule has 1 saturated heterocycles. The van der Waals surface area contributed by atoms with E-state index in [1.165, 1.54) is 19.3 Å². The third-order valence-electron chi connectivity index (χ3n) is 1.99. The average molecular weight is 170 g/mol. The van der Waals surface area contributed by atoms with Crippen LogP contribution in [0.3, 0.4) is 0 Å². The summed E-state index contributed by atoms with van der Waals surface area (Å²) in [6.45, 7) is 3.61. The van der Waals surface area contributed by atoms with Crippen molar-refractivity contribution < 1.29 is 9.47 Å². The van der Waals surface area contributed by atoms with Gasteiger partial charge in [-0.1, -0.05) is 12.2 Å². The molecule has 1 fully saturated rings. The normalized spacial score (nSPS) is 19.4. The molecule has 0 spiro atoms. The molecule has 70 valence electrons. The highest BCUT2D eigenvalue weighted by molar-refractivity contribution is 4.76. The minimum Gasteiger partial charge on any atom is -0.350 e. The number of hydrogen-bond donors (Lipinski definition) is 0. The lowest BCUT2D eigenvalue weighted by Gasteiger charge is -2.06. The van der Waals surface area contributed by atoms with Crippen LogP contribution in [-0.2, 0) is 9.47 Å². The van der Waals surface area contributed by atoms with Crippen LogP contribution in [-0.4, -0.2) is 19.5 Å². The Balaban J connectivity index is 1.87. The highest BCUT2D eigenvalue weighted by Crippen LogP contribution is 2.12. The van der Waals surface area contributed by atoms with Crippen LogP contribution in [0.1, 0.15) is 32.6 Å². The molecule has 0 aromatic carbocycles. The van der Waals surface area contributed by atoms with Crippen molar-refractivity contribution in [1.82, 2.24) is 0 Å². The van der Waals surface area contributed by atoms with Gasteiger partial charge in [-0.15, -0.1) is 0 Å². The molecule has 0 atom stereocenters. The Morgan fingerprint density at radius 1 is 1.25 bits per heavy atom. The van der Waals surface area contributed by atoms with Gasteiger partial charge in [0, 0.05) is 0 Å². The maximum absolute atomic E-state index is 5.32. The van der Waals surface area contributed by atoms with Crippen LogP contribution in [0, 0.1) is 0 Å². The van der Waals surface area contributed by atoms with E-state index < -0.39 is 0 Å². The first-order chi connectivity index (χ1) is 5.93. The van der Waals surface area contributed by atoms with Crippen LogP contribution >= 0.6 is 0 Å². The third kappa shape index (κ3) is 3.88. The molecule has 0 aromatic heterocycles. The van der Waals surface area contributed by atoms with Crippen molar-refractivity contribution in [2.45, 2.75) is 38.9 Å². The van der Waals surface area contributed by atoms with E-state index in [-0.39, 0.29) is 6.29 Å². The minimum atomic E-state index is 0.0932. The summed E-state index contributed by atoms with van der Waals surface area (Å²) in [7, 11) is 0. The molecule has 0 amide bonds. The average Bonchev–Trinajstić information content (AvgIpc) is 2.57. The number of ether oxygens (including phenoxy) is 2. The van der Waals surface area contributed by atoms with E-state index in [4.69, 9.17) is 9.47 Å². The lowest BCUT2D eigenvalue weighted by Crippen LogP contribution is -2.06. The van der Waals surface area contributed by atoms with Gasteiger partial charge in [-0.05, 0) is 32.6 Å². The van der Waals surface area contributed by atoms with E-state index in [0.29, 0.717) is 0 Å². The van der Waals surface area contributed by atoms with E-state index in [2.05, 4.69) is 19.1 Å². The molecule has 0 aromatic rings. The summed E-state index contributed by atoms with van der Waals surface area (Å²) in [6, 6.07) is 0. The Kier molecular flexibility index (Phi) is 5.04. The lowest BCUT2D eigenvalue weighted by molar-refractivity contribution is -0.0478. The van der Waals surface area contributed by atoms with E-state index >= 15 is 0 Å². The second-order valence-corrected chi connectivity index (χ2v) is 3.02. The fourth-order valence-electron chi connectivity index (χ4n) is 1.31. The van der Waals surface area contributed by atoms with Gasteiger partial charge in [0.25, 0.3) is 0 Å². The number of rotatable bonds is 5. The second kappa shape index (κ2) is 6.21. The summed E-state index contributed by atoms with van der Waals surface area (Å²) in [4.78, 5) is 0. The molecule has 12 heavy (non-hydrogen) atoms. The largest absolute Gasteiger partial charge is 0.350 e. The standard InChI is InChI=1S/C10H18O2/c1-2-3-4-5-6-7-10-11-8-9-12-10/h2-3,10H,4-9H2,1H3. The number of hydrogen-bond acceptors (Lipinski definition) is 2. The van der Waals surface area contributed by atoms with Gasteiger partial charge in [0.1, 0.15) is 0 Å². The first-order valence-electron chi connectivity index (χ1n) is 4.78. The molecule has 0 unspecified atom stereocenters. The summed E-state index contributed by atoms with van der Waals surface area (Å²) < 4.78 is 10.6. The highest BCUT2D eigenvalue weighted by atomic mass is 16.7. The van der Waals surface area contributed by atoms with Gasteiger partial charge in [0.15, 0.2) is 6.29 Å². The monoisotopic (exact) mass is 170 g/mol. The summed E-state index contributed by atoms with van der Waals surface area (Å²) in [5.74, 6) is 0. The zero-order valence-corrected chi connectivity index (χ0v) is 7.79. The van der Waals surface area contributed by atoms with Gasteiger partial charge in [-0.3, -0.25) is 0 Å². The van der Waals surface area contributed by atoms with Crippen molar-refractivity contribution in [2.24, 2.45) is 0 Å². The van der Waals surface area contributed by atoms with Crippen LogP contribution in [0.2, 0.25) is 0 Å². The van der Waals surface area contributed by atoms with Crippen LogP contribution in [0.15, 0.2) is 12.2 Å². The molecular weight excluding hydrogens is 152 g/mol. The van der Waals surface area contributed by atoms with Gasteiger partial charge in [0.2, 0.25) is 0 Å². The summed E-state index contributed by atoms with van der Waals surface area (Å²) in [6.07, 6.45) is 9.08. The fourth-order valence-corrected chi connectivity index (χ4v) is 1.31. The zero-order chi connectivity index (χ0) is 8.65. The van der Waals surface area contributed by atoms with Gasteiger partial charge in [-0.25, -0.2) is 0 Å². The molecule has 0 N–H and O–H groups in total. The van der Waals surface area contributed by atoms with Crippen molar-refractivity contribution >= 4 is 0 Å². The zero-order valence-electron chi connectivity index (χ0n) is 7.79. The molecule has 0 radical (unpaired) electrons. The van der Waals surface area contributed by atoms with Crippen molar-refractivity contribution in [3.8, 4) is 0 Å². The molecular formula is C10H18O2. The summed E-state index contributed by atoms with van der Waals surface area (Å²) in [5, 5.41) is 0. The SMILES string of the molecule is CC=CCCCCC1OCCO1. The maximum atomic E-state index is 5.32. The molecule has 0 aliphatic carbocycles. The molecule has 1 aliphatic rings. The first kappa shape index (κ1) is 9.75. The van der Waals surface area contributed by atoms with Crippen LogP contribution < -0.4 is 0 Å². The van der Waals surface area contributed by atoms with Gasteiger partial charge in [-0.2, -0.15) is 0 Å². The smallest absolute Gasteiger partial charge is 0.157 e. The van der Waals surface area contributed by atoms with Crippen molar-refractivity contribution in [3.05, 3.63) is 12.2 Å². The Bertz CT molecular complexity index is 126. The van der Waals surface area contributed by atoms with Gasteiger partial charge < -0.3 is 9.47 Å². The Morgan fingerprint density at radius 3 is 2.67 bits per heavy atom. The summed E-state index contributed by atoms with van der Waals surface area (Å²) in [5.41, 5.74) is 0. The topological polar surface area (TPSA) is 18.5 Å². The number of unbranched alkanes of at least 4 members (excludes halogenated alkanes) is 2. The second-order valence-electron chi connectivity index (χ2n) is 3.02. The van der Waals surface area contributed by atoms with Crippen molar-refractivity contribution in [1.29, 1.82) is 0 Å². The lowest BCUT2D eigenvalue weighted by atomic mass is 10.2. The molecule has 1 rings (SSSR count). The molecule has 0 bridgehead atoms. The van der Waals surface area contributed by atoms with Crippen LogP contribution in [0.4, 0.5) is 0 Å². The Labute approximate surface area is 74.6 Å². The van der Waals surface area contributed by atoms with Crippen molar-refractivity contribution in [2.75, 3.05) is 13.2 Å². The Hall–Kier alpha value is -0.340. The molecule has 1 heterocycles. The van der Waals surface area contributed by atoms with E-state index in [1.807, 2.05) is 0 Å². The van der Waals surface area contributed by atoms with Gasteiger partial charge >= 0.3 is 0 Å². The first-order valence-corrected chi connectivity index (χ1v) is 4.78. The minimum absolute atomic E-state index is 0.0932. The van der Waals surface area contributed by atoms with Gasteiger partial charge in [0.05, 0.1) is 13.2 Å². The van der Waals surface area contributed by atoms with Crippen LogP contribution in [0.25, 0.3) is 0 Å². The van der Waals surface area contributed by atoms with E-state index in [0.717, 1.165) is 19.6 Å².